The van der Waals surface area contributed by atoms with Crippen LogP contribution < -0.4 is 16.4 Å². The normalized spacial score (nSPS) is 10.7. The van der Waals surface area contributed by atoms with Gasteiger partial charge in [-0.2, -0.15) is 9.97 Å². The molecule has 8 heteroatoms. The maximum atomic E-state index is 10.7. The Morgan fingerprint density at radius 3 is 2.58 bits per heavy atom. The first-order valence-corrected chi connectivity index (χ1v) is 7.38. The lowest BCUT2D eigenvalue weighted by molar-refractivity contribution is 0.112. The van der Waals surface area contributed by atoms with Crippen LogP contribution in [0.2, 0.25) is 0 Å². The zero-order valence-corrected chi connectivity index (χ0v) is 13.2. The minimum atomic E-state index is 0.0838. The highest BCUT2D eigenvalue weighted by atomic mass is 16.1. The van der Waals surface area contributed by atoms with Crippen LogP contribution in [0.1, 0.15) is 16.1 Å². The van der Waals surface area contributed by atoms with E-state index in [2.05, 4.69) is 24.8 Å². The van der Waals surface area contributed by atoms with E-state index in [1.807, 2.05) is 19.2 Å². The van der Waals surface area contributed by atoms with Crippen molar-refractivity contribution in [3.8, 4) is 0 Å². The second-order valence-electron chi connectivity index (χ2n) is 5.38. The molecule has 0 atom stereocenters. The van der Waals surface area contributed by atoms with Crippen LogP contribution in [0.25, 0.3) is 11.2 Å². The zero-order chi connectivity index (χ0) is 17.1. The molecule has 0 amide bonds. The van der Waals surface area contributed by atoms with Crippen LogP contribution in [0.5, 0.6) is 0 Å². The summed E-state index contributed by atoms with van der Waals surface area (Å²) in [6.07, 6.45) is 3.17. The van der Waals surface area contributed by atoms with Crippen LogP contribution in [0.4, 0.5) is 17.5 Å². The van der Waals surface area contributed by atoms with Crippen molar-refractivity contribution in [1.29, 1.82) is 0 Å². The third-order valence-corrected chi connectivity index (χ3v) is 3.67. The third kappa shape index (κ3) is 3.22. The maximum absolute atomic E-state index is 10.7. The summed E-state index contributed by atoms with van der Waals surface area (Å²) >= 11 is 0. The lowest BCUT2D eigenvalue weighted by Gasteiger charge is -2.19. The zero-order valence-electron chi connectivity index (χ0n) is 13.2. The number of aromatic nitrogens is 4. The summed E-state index contributed by atoms with van der Waals surface area (Å²) in [5.74, 6) is 0.310. The van der Waals surface area contributed by atoms with Crippen molar-refractivity contribution in [2.45, 2.75) is 6.42 Å². The number of rotatable bonds is 5. The number of nitrogens with zero attached hydrogens (tertiary/aromatic N) is 5. The summed E-state index contributed by atoms with van der Waals surface area (Å²) in [7, 11) is 1.97. The van der Waals surface area contributed by atoms with Gasteiger partial charge in [0.25, 0.3) is 0 Å². The summed E-state index contributed by atoms with van der Waals surface area (Å²) in [4.78, 5) is 29.4. The SMILES string of the molecule is CN(CCc1cnc2nc(N)nc(N)c2n1)c1ccc(C=O)cc1. The van der Waals surface area contributed by atoms with Crippen LogP contribution in [0.3, 0.4) is 0 Å². The first-order chi connectivity index (χ1) is 11.6. The number of nitrogen functional groups attached to an aromatic ring is 2. The molecule has 0 saturated carbocycles. The molecule has 8 nitrogen and oxygen atoms in total. The van der Waals surface area contributed by atoms with E-state index >= 15 is 0 Å². The lowest BCUT2D eigenvalue weighted by atomic mass is 10.2. The Morgan fingerprint density at radius 1 is 1.12 bits per heavy atom. The lowest BCUT2D eigenvalue weighted by Crippen LogP contribution is -2.20. The second kappa shape index (κ2) is 6.45. The molecule has 1 aromatic carbocycles. The Morgan fingerprint density at radius 2 is 1.88 bits per heavy atom. The molecule has 24 heavy (non-hydrogen) atoms. The van der Waals surface area contributed by atoms with Crippen LogP contribution in [-0.2, 0) is 6.42 Å². The van der Waals surface area contributed by atoms with E-state index in [1.165, 1.54) is 0 Å². The smallest absolute Gasteiger partial charge is 0.224 e. The van der Waals surface area contributed by atoms with E-state index in [4.69, 9.17) is 11.5 Å². The van der Waals surface area contributed by atoms with Gasteiger partial charge in [-0.25, -0.2) is 9.97 Å². The van der Waals surface area contributed by atoms with Crippen LogP contribution in [-0.4, -0.2) is 39.8 Å². The van der Waals surface area contributed by atoms with Gasteiger partial charge in [-0.15, -0.1) is 0 Å². The predicted octanol–water partition coefficient (Wildman–Crippen LogP) is 1.08. The van der Waals surface area contributed by atoms with E-state index in [0.717, 1.165) is 24.2 Å². The summed E-state index contributed by atoms with van der Waals surface area (Å²) in [5, 5.41) is 0. The fourth-order valence-corrected chi connectivity index (χ4v) is 2.32. The Bertz CT molecular complexity index is 879. The number of nitrogens with two attached hydrogens (primary N) is 2. The van der Waals surface area contributed by atoms with Crippen molar-refractivity contribution in [2.75, 3.05) is 30.0 Å². The maximum Gasteiger partial charge on any atom is 0.224 e. The number of aldehydes is 1. The number of anilines is 3. The quantitative estimate of drug-likeness (QED) is 0.668. The Hall–Kier alpha value is -3.29. The van der Waals surface area contributed by atoms with E-state index in [9.17, 15) is 4.79 Å². The number of carbonyl (C=O) groups is 1. The molecule has 0 spiro atoms. The van der Waals surface area contributed by atoms with Crippen molar-refractivity contribution in [3.05, 3.63) is 41.7 Å². The fraction of sp³-hybridized carbons (Fsp3) is 0.188. The fourth-order valence-electron chi connectivity index (χ4n) is 2.32. The number of hydrogen-bond acceptors (Lipinski definition) is 8. The van der Waals surface area contributed by atoms with Gasteiger partial charge >= 0.3 is 0 Å². The van der Waals surface area contributed by atoms with E-state index in [0.29, 0.717) is 23.1 Å². The van der Waals surface area contributed by atoms with Crippen molar-refractivity contribution >= 4 is 34.9 Å². The topological polar surface area (TPSA) is 124 Å². The first kappa shape index (κ1) is 15.6. The molecule has 3 aromatic rings. The monoisotopic (exact) mass is 323 g/mol. The summed E-state index contributed by atoms with van der Waals surface area (Å²) in [6.45, 7) is 0.732. The Balaban J connectivity index is 1.73. The average Bonchev–Trinajstić information content (AvgIpc) is 2.60. The average molecular weight is 323 g/mol. The highest BCUT2D eigenvalue weighted by Gasteiger charge is 2.08. The van der Waals surface area contributed by atoms with Crippen molar-refractivity contribution in [1.82, 2.24) is 19.9 Å². The molecule has 0 unspecified atom stereocenters. The molecule has 0 radical (unpaired) electrons. The van der Waals surface area contributed by atoms with Crippen LogP contribution >= 0.6 is 0 Å². The molecular weight excluding hydrogens is 306 g/mol. The molecule has 0 saturated heterocycles. The first-order valence-electron chi connectivity index (χ1n) is 7.38. The Kier molecular flexibility index (Phi) is 4.19. The highest BCUT2D eigenvalue weighted by molar-refractivity contribution is 5.81. The van der Waals surface area contributed by atoms with Crippen LogP contribution in [0, 0.1) is 0 Å². The molecule has 3 rings (SSSR count). The van der Waals surface area contributed by atoms with Gasteiger partial charge < -0.3 is 16.4 Å². The van der Waals surface area contributed by atoms with Crippen molar-refractivity contribution < 1.29 is 4.79 Å². The summed E-state index contributed by atoms with van der Waals surface area (Å²) in [6, 6.07) is 7.39. The van der Waals surface area contributed by atoms with Gasteiger partial charge in [0.2, 0.25) is 5.95 Å². The molecular formula is C16H17N7O. The van der Waals surface area contributed by atoms with Gasteiger partial charge in [0.1, 0.15) is 6.29 Å². The van der Waals surface area contributed by atoms with Gasteiger partial charge in [0.15, 0.2) is 17.0 Å². The molecule has 0 fully saturated rings. The van der Waals surface area contributed by atoms with Gasteiger partial charge in [-0.3, -0.25) is 4.79 Å². The molecule has 122 valence electrons. The number of carbonyl (C=O) groups excluding carboxylic acids is 1. The van der Waals surface area contributed by atoms with Crippen LogP contribution in [0.15, 0.2) is 30.5 Å². The number of fused-ring (bicyclic) bond motifs is 1. The summed E-state index contributed by atoms with van der Waals surface area (Å²) < 4.78 is 0. The standard InChI is InChI=1S/C16H17N7O/c1-23(12-4-2-10(9-24)3-5-12)7-6-11-8-19-15-13(20-11)14(17)21-16(18)22-15/h2-5,8-9H,6-7H2,1H3,(H4,17,18,19,21,22). The largest absolute Gasteiger partial charge is 0.382 e. The van der Waals surface area contributed by atoms with Gasteiger partial charge in [0, 0.05) is 31.3 Å². The molecule has 0 aliphatic carbocycles. The van der Waals surface area contributed by atoms with Crippen molar-refractivity contribution in [3.63, 3.8) is 0 Å². The van der Waals surface area contributed by atoms with E-state index in [-0.39, 0.29) is 11.8 Å². The highest BCUT2D eigenvalue weighted by Crippen LogP contribution is 2.16. The van der Waals surface area contributed by atoms with E-state index in [1.54, 1.807) is 18.3 Å². The molecule has 2 heterocycles. The third-order valence-electron chi connectivity index (χ3n) is 3.67. The number of benzene rings is 1. The Labute approximate surface area is 138 Å². The minimum absolute atomic E-state index is 0.0838. The number of likely N-dealkylation sites (N-methyl/N-ethyl adjacent to an activating group) is 1. The molecule has 0 aliphatic rings. The van der Waals surface area contributed by atoms with Gasteiger partial charge in [0.05, 0.1) is 11.9 Å². The molecule has 0 aliphatic heterocycles. The summed E-state index contributed by atoms with van der Waals surface area (Å²) in [5.41, 5.74) is 14.7. The second-order valence-corrected chi connectivity index (χ2v) is 5.38. The van der Waals surface area contributed by atoms with Gasteiger partial charge in [-0.05, 0) is 24.3 Å². The van der Waals surface area contributed by atoms with Gasteiger partial charge in [-0.1, -0.05) is 0 Å². The number of hydrogen-bond donors (Lipinski definition) is 2. The molecule has 0 bridgehead atoms. The minimum Gasteiger partial charge on any atom is -0.382 e. The predicted molar refractivity (Wildman–Crippen MR) is 92.8 cm³/mol. The van der Waals surface area contributed by atoms with E-state index < -0.39 is 0 Å². The van der Waals surface area contributed by atoms with Crippen molar-refractivity contribution in [2.24, 2.45) is 0 Å². The molecule has 4 N–H and O–H groups in total. The molecule has 2 aromatic heterocycles.